The topological polar surface area (TPSA) is 38.3 Å². The largest absolute Gasteiger partial charge is 0.462 e. The Morgan fingerprint density at radius 3 is 2.48 bits per heavy atom. The maximum absolute atomic E-state index is 11.9. The van der Waals surface area contributed by atoms with Crippen LogP contribution in [0.2, 0.25) is 0 Å². The van der Waals surface area contributed by atoms with Gasteiger partial charge in [-0.2, -0.15) is 0 Å². The Hall–Kier alpha value is -2.13. The molecule has 2 aromatic rings. The van der Waals surface area contributed by atoms with E-state index >= 15 is 0 Å². The number of hydrogen-bond acceptors (Lipinski definition) is 3. The van der Waals surface area contributed by atoms with Crippen molar-refractivity contribution in [2.75, 3.05) is 6.61 Å². The second-order valence-corrected chi connectivity index (χ2v) is 4.89. The molecule has 3 heteroatoms. The van der Waals surface area contributed by atoms with Gasteiger partial charge in [-0.1, -0.05) is 48.5 Å². The number of carbonyl (C=O) groups is 1. The van der Waals surface area contributed by atoms with E-state index in [1.165, 1.54) is 5.56 Å². The Morgan fingerprint density at radius 2 is 1.76 bits per heavy atom. The molecular weight excluding hydrogens is 262 g/mol. The molecule has 0 aromatic heterocycles. The molecule has 0 radical (unpaired) electrons. The Morgan fingerprint density at radius 1 is 1.10 bits per heavy atom. The monoisotopic (exact) mass is 283 g/mol. The summed E-state index contributed by atoms with van der Waals surface area (Å²) >= 11 is 0. The van der Waals surface area contributed by atoms with Gasteiger partial charge in [0.25, 0.3) is 0 Å². The summed E-state index contributed by atoms with van der Waals surface area (Å²) in [6.07, 6.45) is 0. The molecule has 0 amide bonds. The van der Waals surface area contributed by atoms with Crippen molar-refractivity contribution in [1.29, 1.82) is 0 Å². The molecular formula is C18H21NO2. The zero-order valence-electron chi connectivity index (χ0n) is 12.5. The SMILES string of the molecule is CCOC(=O)c1ccccc1CNC(C)c1ccccc1. The van der Waals surface area contributed by atoms with Crippen LogP contribution in [-0.2, 0) is 11.3 Å². The molecule has 0 aliphatic rings. The van der Waals surface area contributed by atoms with Gasteiger partial charge in [-0.15, -0.1) is 0 Å². The van der Waals surface area contributed by atoms with Gasteiger partial charge >= 0.3 is 5.97 Å². The molecule has 110 valence electrons. The van der Waals surface area contributed by atoms with Crippen LogP contribution in [0, 0.1) is 0 Å². The number of benzene rings is 2. The Labute approximate surface area is 126 Å². The van der Waals surface area contributed by atoms with Gasteiger partial charge in [0.1, 0.15) is 0 Å². The van der Waals surface area contributed by atoms with Crippen LogP contribution in [0.1, 0.15) is 41.4 Å². The first-order valence-corrected chi connectivity index (χ1v) is 7.25. The average molecular weight is 283 g/mol. The van der Waals surface area contributed by atoms with Crippen LogP contribution in [0.5, 0.6) is 0 Å². The first-order valence-electron chi connectivity index (χ1n) is 7.25. The molecule has 0 aliphatic heterocycles. The summed E-state index contributed by atoms with van der Waals surface area (Å²) in [5.74, 6) is -0.262. The molecule has 2 aromatic carbocycles. The lowest BCUT2D eigenvalue weighted by molar-refractivity contribution is 0.0525. The van der Waals surface area contributed by atoms with Crippen molar-refractivity contribution in [2.45, 2.75) is 26.4 Å². The minimum atomic E-state index is -0.262. The fraction of sp³-hybridized carbons (Fsp3) is 0.278. The first kappa shape index (κ1) is 15.3. The van der Waals surface area contributed by atoms with Crippen molar-refractivity contribution in [3.05, 3.63) is 71.3 Å². The van der Waals surface area contributed by atoms with E-state index in [0.717, 1.165) is 5.56 Å². The lowest BCUT2D eigenvalue weighted by Crippen LogP contribution is -2.20. The van der Waals surface area contributed by atoms with Crippen LogP contribution in [0.3, 0.4) is 0 Å². The second kappa shape index (κ2) is 7.60. The van der Waals surface area contributed by atoms with Crippen LogP contribution < -0.4 is 5.32 Å². The number of rotatable bonds is 6. The molecule has 1 atom stereocenters. The maximum Gasteiger partial charge on any atom is 0.338 e. The highest BCUT2D eigenvalue weighted by Gasteiger charge is 2.12. The van der Waals surface area contributed by atoms with Crippen molar-refractivity contribution >= 4 is 5.97 Å². The van der Waals surface area contributed by atoms with Crippen LogP contribution in [0.15, 0.2) is 54.6 Å². The molecule has 1 unspecified atom stereocenters. The highest BCUT2D eigenvalue weighted by Crippen LogP contribution is 2.15. The third kappa shape index (κ3) is 4.17. The summed E-state index contributed by atoms with van der Waals surface area (Å²) in [5, 5.41) is 3.44. The van der Waals surface area contributed by atoms with E-state index < -0.39 is 0 Å². The molecule has 1 N–H and O–H groups in total. The van der Waals surface area contributed by atoms with Gasteiger partial charge in [0.2, 0.25) is 0 Å². The standard InChI is InChI=1S/C18H21NO2/c1-3-21-18(20)17-12-8-7-11-16(17)13-19-14(2)15-9-5-4-6-10-15/h4-12,14,19H,3,13H2,1-2H3. The van der Waals surface area contributed by atoms with Crippen LogP contribution in [-0.4, -0.2) is 12.6 Å². The van der Waals surface area contributed by atoms with E-state index in [9.17, 15) is 4.79 Å². The van der Waals surface area contributed by atoms with Gasteiger partial charge in [-0.3, -0.25) is 0 Å². The zero-order valence-corrected chi connectivity index (χ0v) is 12.5. The summed E-state index contributed by atoms with van der Waals surface area (Å²) < 4.78 is 5.09. The number of nitrogens with one attached hydrogen (secondary N) is 1. The molecule has 3 nitrogen and oxygen atoms in total. The summed E-state index contributed by atoms with van der Waals surface area (Å²) in [6.45, 7) is 4.95. The molecule has 0 heterocycles. The van der Waals surface area contributed by atoms with Crippen molar-refractivity contribution < 1.29 is 9.53 Å². The molecule has 0 saturated heterocycles. The lowest BCUT2D eigenvalue weighted by atomic mass is 10.1. The van der Waals surface area contributed by atoms with Crippen molar-refractivity contribution in [1.82, 2.24) is 5.32 Å². The van der Waals surface area contributed by atoms with Gasteiger partial charge in [0, 0.05) is 12.6 Å². The molecule has 0 bridgehead atoms. The fourth-order valence-corrected chi connectivity index (χ4v) is 2.21. The summed E-state index contributed by atoms with van der Waals surface area (Å²) in [5.41, 5.74) is 2.82. The third-order valence-corrected chi connectivity index (χ3v) is 3.41. The maximum atomic E-state index is 11.9. The Balaban J connectivity index is 2.05. The van der Waals surface area contributed by atoms with Crippen molar-refractivity contribution in [2.24, 2.45) is 0 Å². The van der Waals surface area contributed by atoms with Crippen LogP contribution >= 0.6 is 0 Å². The highest BCUT2D eigenvalue weighted by molar-refractivity contribution is 5.91. The molecule has 0 fully saturated rings. The fourth-order valence-electron chi connectivity index (χ4n) is 2.21. The predicted octanol–water partition coefficient (Wildman–Crippen LogP) is 3.71. The van der Waals surface area contributed by atoms with Gasteiger partial charge < -0.3 is 10.1 Å². The predicted molar refractivity (Wildman–Crippen MR) is 84.1 cm³/mol. The summed E-state index contributed by atoms with van der Waals surface area (Å²) in [7, 11) is 0. The van der Waals surface area contributed by atoms with Gasteiger partial charge in [-0.25, -0.2) is 4.79 Å². The second-order valence-electron chi connectivity index (χ2n) is 4.89. The van der Waals surface area contributed by atoms with Gasteiger partial charge in [0.15, 0.2) is 0 Å². The van der Waals surface area contributed by atoms with Crippen molar-refractivity contribution in [3.8, 4) is 0 Å². The number of carbonyl (C=O) groups excluding carboxylic acids is 1. The Bertz CT molecular complexity index is 581. The van der Waals surface area contributed by atoms with E-state index in [2.05, 4.69) is 24.4 Å². The third-order valence-electron chi connectivity index (χ3n) is 3.41. The zero-order chi connectivity index (χ0) is 15.1. The molecule has 21 heavy (non-hydrogen) atoms. The van der Waals surface area contributed by atoms with Crippen LogP contribution in [0.4, 0.5) is 0 Å². The van der Waals surface area contributed by atoms with Gasteiger partial charge in [0.05, 0.1) is 12.2 Å². The number of esters is 1. The molecule has 0 aliphatic carbocycles. The summed E-state index contributed by atoms with van der Waals surface area (Å²) in [6, 6.07) is 18.0. The summed E-state index contributed by atoms with van der Waals surface area (Å²) in [4.78, 5) is 11.9. The quantitative estimate of drug-likeness (QED) is 0.821. The van der Waals surface area contributed by atoms with E-state index in [-0.39, 0.29) is 12.0 Å². The number of hydrogen-bond donors (Lipinski definition) is 1. The first-order chi connectivity index (χ1) is 10.2. The van der Waals surface area contributed by atoms with E-state index in [0.29, 0.717) is 18.7 Å². The molecule has 0 spiro atoms. The number of ether oxygens (including phenoxy) is 1. The van der Waals surface area contributed by atoms with E-state index in [1.807, 2.05) is 49.4 Å². The molecule has 0 saturated carbocycles. The van der Waals surface area contributed by atoms with E-state index in [1.54, 1.807) is 0 Å². The van der Waals surface area contributed by atoms with E-state index in [4.69, 9.17) is 4.74 Å². The van der Waals surface area contributed by atoms with Crippen LogP contribution in [0.25, 0.3) is 0 Å². The smallest absolute Gasteiger partial charge is 0.338 e. The highest BCUT2D eigenvalue weighted by atomic mass is 16.5. The van der Waals surface area contributed by atoms with Gasteiger partial charge in [-0.05, 0) is 31.0 Å². The normalized spacial score (nSPS) is 11.9. The van der Waals surface area contributed by atoms with Crippen molar-refractivity contribution in [3.63, 3.8) is 0 Å². The lowest BCUT2D eigenvalue weighted by Gasteiger charge is -2.15. The minimum Gasteiger partial charge on any atom is -0.462 e. The Kier molecular flexibility index (Phi) is 5.52. The minimum absolute atomic E-state index is 0.224. The average Bonchev–Trinajstić information content (AvgIpc) is 2.54. The molecule has 2 rings (SSSR count).